The van der Waals surface area contributed by atoms with Gasteiger partial charge in [-0.05, 0) is 23.8 Å². The van der Waals surface area contributed by atoms with Crippen LogP contribution in [0.15, 0.2) is 58.8 Å². The number of ether oxygens (including phenoxy) is 1. The number of aliphatic hydroxyl groups excluding tert-OH is 1. The van der Waals surface area contributed by atoms with Crippen molar-refractivity contribution in [3.63, 3.8) is 0 Å². The van der Waals surface area contributed by atoms with Crippen LogP contribution in [-0.2, 0) is 14.3 Å². The Labute approximate surface area is 158 Å². The van der Waals surface area contributed by atoms with E-state index >= 15 is 0 Å². The monoisotopic (exact) mass is 365 g/mol. The van der Waals surface area contributed by atoms with E-state index in [0.29, 0.717) is 11.4 Å². The largest absolute Gasteiger partial charge is 0.511 e. The first-order chi connectivity index (χ1) is 12.8. The highest BCUT2D eigenvalue weighted by Crippen LogP contribution is 2.42. The Morgan fingerprint density at radius 1 is 1.19 bits per heavy atom. The van der Waals surface area contributed by atoms with Crippen LogP contribution in [0.4, 0.5) is 5.69 Å². The van der Waals surface area contributed by atoms with Gasteiger partial charge >= 0.3 is 5.97 Å². The highest BCUT2D eigenvalue weighted by atomic mass is 16.5. The minimum atomic E-state index is -0.895. The van der Waals surface area contributed by atoms with E-state index in [-0.39, 0.29) is 23.5 Å². The second kappa shape index (κ2) is 6.99. The van der Waals surface area contributed by atoms with Crippen molar-refractivity contribution in [2.24, 2.45) is 16.3 Å². The lowest BCUT2D eigenvalue weighted by atomic mass is 9.68. The van der Waals surface area contributed by atoms with Crippen LogP contribution in [0, 0.1) is 11.3 Å². The Morgan fingerprint density at radius 3 is 2.56 bits per heavy atom. The molecule has 0 aliphatic heterocycles. The smallest absolute Gasteiger partial charge is 0.316 e. The first-order valence-electron chi connectivity index (χ1n) is 8.84. The normalized spacial score (nSPS) is 20.1. The summed E-state index contributed by atoms with van der Waals surface area (Å²) in [7, 11) is 1.28. The van der Waals surface area contributed by atoms with Gasteiger partial charge in [-0.25, -0.2) is 0 Å². The predicted molar refractivity (Wildman–Crippen MR) is 105 cm³/mol. The number of hydrogen-bond donors (Lipinski definition) is 1. The molecule has 0 bridgehead atoms. The fourth-order valence-corrected chi connectivity index (χ4v) is 3.74. The molecule has 0 fully saturated rings. The Morgan fingerprint density at radius 2 is 1.85 bits per heavy atom. The van der Waals surface area contributed by atoms with Gasteiger partial charge < -0.3 is 9.84 Å². The molecule has 0 heterocycles. The fourth-order valence-electron chi connectivity index (χ4n) is 3.74. The third-order valence-corrected chi connectivity index (χ3v) is 5.06. The number of fused-ring (bicyclic) bond motifs is 1. The zero-order valence-electron chi connectivity index (χ0n) is 15.9. The molecule has 0 saturated carbocycles. The number of aliphatic hydroxyl groups is 1. The number of carbonyl (C=O) groups excluding carboxylic acids is 2. The summed E-state index contributed by atoms with van der Waals surface area (Å²) in [5.41, 5.74) is 0.478. The van der Waals surface area contributed by atoms with E-state index in [1.807, 2.05) is 42.5 Å². The zero-order valence-corrected chi connectivity index (χ0v) is 15.9. The maximum Gasteiger partial charge on any atom is 0.316 e. The second-order valence-electron chi connectivity index (χ2n) is 7.50. The van der Waals surface area contributed by atoms with Crippen LogP contribution < -0.4 is 0 Å². The lowest BCUT2D eigenvalue weighted by molar-refractivity contribution is -0.150. The average molecular weight is 365 g/mol. The van der Waals surface area contributed by atoms with E-state index in [9.17, 15) is 14.7 Å². The summed E-state index contributed by atoms with van der Waals surface area (Å²) in [5, 5.41) is 12.8. The lowest BCUT2D eigenvalue weighted by Crippen LogP contribution is -2.41. The molecule has 0 spiro atoms. The van der Waals surface area contributed by atoms with E-state index in [1.54, 1.807) is 20.8 Å². The van der Waals surface area contributed by atoms with Gasteiger partial charge in [0.2, 0.25) is 0 Å². The molecular weight excluding hydrogens is 342 g/mol. The molecular formula is C22H23NO4. The number of Topliss-reactive ketones (excluding diaryl/α,β-unsaturated/α-hetero) is 1. The maximum absolute atomic E-state index is 12.7. The Hall–Kier alpha value is -2.95. The molecule has 2 aromatic rings. The van der Waals surface area contributed by atoms with Crippen LogP contribution in [0.5, 0.6) is 0 Å². The topological polar surface area (TPSA) is 76.0 Å². The van der Waals surface area contributed by atoms with Gasteiger partial charge in [0.25, 0.3) is 0 Å². The van der Waals surface area contributed by atoms with Crippen molar-refractivity contribution in [1.29, 1.82) is 0 Å². The average Bonchev–Trinajstić information content (AvgIpc) is 2.60. The van der Waals surface area contributed by atoms with Crippen LogP contribution >= 0.6 is 0 Å². The number of nitrogens with zero attached hydrogens (tertiary/aromatic N) is 1. The number of carbonyl (C=O) groups is 2. The van der Waals surface area contributed by atoms with Gasteiger partial charge in [0.1, 0.15) is 11.7 Å². The number of benzene rings is 2. The van der Waals surface area contributed by atoms with Crippen molar-refractivity contribution < 1.29 is 19.4 Å². The van der Waals surface area contributed by atoms with Crippen LogP contribution in [0.3, 0.4) is 0 Å². The number of allylic oxidation sites excluding steroid dienone is 1. The molecule has 1 aliphatic carbocycles. The quantitative estimate of drug-likeness (QED) is 0.640. The number of rotatable bonds is 3. The van der Waals surface area contributed by atoms with Gasteiger partial charge in [0.05, 0.1) is 24.1 Å². The zero-order chi connectivity index (χ0) is 19.8. The van der Waals surface area contributed by atoms with E-state index in [0.717, 1.165) is 10.8 Å². The number of esters is 1. The molecule has 1 N–H and O–H groups in total. The predicted octanol–water partition coefficient (Wildman–Crippen LogP) is 4.53. The molecule has 0 aromatic heterocycles. The van der Waals surface area contributed by atoms with Gasteiger partial charge in [-0.15, -0.1) is 0 Å². The van der Waals surface area contributed by atoms with Gasteiger partial charge in [-0.3, -0.25) is 14.6 Å². The molecule has 27 heavy (non-hydrogen) atoms. The number of methoxy groups -OCH3 is 1. The number of ketones is 1. The van der Waals surface area contributed by atoms with Crippen molar-refractivity contribution in [2.75, 3.05) is 7.11 Å². The first kappa shape index (κ1) is 18.8. The van der Waals surface area contributed by atoms with Crippen molar-refractivity contribution in [2.45, 2.75) is 27.2 Å². The molecule has 3 rings (SSSR count). The molecule has 1 atom stereocenters. The summed E-state index contributed by atoms with van der Waals surface area (Å²) in [5.74, 6) is -1.93. The maximum atomic E-state index is 12.7. The third-order valence-electron chi connectivity index (χ3n) is 5.06. The molecule has 1 aliphatic rings. The minimum absolute atomic E-state index is 0.109. The fraction of sp³-hybridized carbons (Fsp3) is 0.318. The minimum Gasteiger partial charge on any atom is -0.511 e. The molecule has 140 valence electrons. The molecule has 5 nitrogen and oxygen atoms in total. The molecule has 0 amide bonds. The van der Waals surface area contributed by atoms with E-state index in [4.69, 9.17) is 4.74 Å². The standard InChI is InChI=1S/C22H23NO4/c1-13(23-16-11-7-9-14-8-5-6-10-15(14)16)18-17(24)12-22(2,3)19(20(18)25)21(26)27-4/h5-11,19,25H,12H2,1-4H3/t19-/m1/s1. The van der Waals surface area contributed by atoms with Crippen molar-refractivity contribution in [3.8, 4) is 0 Å². The second-order valence-corrected chi connectivity index (χ2v) is 7.50. The number of aliphatic imine (C=N–C) groups is 1. The van der Waals surface area contributed by atoms with E-state index in [1.165, 1.54) is 7.11 Å². The lowest BCUT2D eigenvalue weighted by Gasteiger charge is -2.36. The van der Waals surface area contributed by atoms with Crippen molar-refractivity contribution >= 4 is 33.9 Å². The van der Waals surface area contributed by atoms with Crippen molar-refractivity contribution in [1.82, 2.24) is 0 Å². The highest BCUT2D eigenvalue weighted by Gasteiger charge is 2.47. The van der Waals surface area contributed by atoms with Crippen LogP contribution in [0.25, 0.3) is 10.8 Å². The Bertz CT molecular complexity index is 979. The van der Waals surface area contributed by atoms with Crippen LogP contribution in [0.2, 0.25) is 0 Å². The van der Waals surface area contributed by atoms with E-state index < -0.39 is 17.3 Å². The molecule has 0 unspecified atom stereocenters. The summed E-state index contributed by atoms with van der Waals surface area (Å²) in [6.07, 6.45) is 0.133. The third kappa shape index (κ3) is 3.37. The SMILES string of the molecule is COC(=O)[C@H]1C(O)=C(C(C)=Nc2cccc3ccccc23)C(=O)CC1(C)C. The molecule has 2 aromatic carbocycles. The first-order valence-corrected chi connectivity index (χ1v) is 8.84. The van der Waals surface area contributed by atoms with Crippen LogP contribution in [-0.4, -0.2) is 29.7 Å². The van der Waals surface area contributed by atoms with Crippen LogP contribution in [0.1, 0.15) is 27.2 Å². The summed E-state index contributed by atoms with van der Waals surface area (Å²) >= 11 is 0. The summed E-state index contributed by atoms with van der Waals surface area (Å²) < 4.78 is 4.85. The van der Waals surface area contributed by atoms with Gasteiger partial charge in [0.15, 0.2) is 5.78 Å². The Balaban J connectivity index is 2.14. The van der Waals surface area contributed by atoms with Gasteiger partial charge in [-0.1, -0.05) is 50.2 Å². The van der Waals surface area contributed by atoms with Gasteiger partial charge in [0, 0.05) is 11.8 Å². The number of hydrogen-bond acceptors (Lipinski definition) is 5. The summed E-state index contributed by atoms with van der Waals surface area (Å²) in [6.45, 7) is 5.23. The van der Waals surface area contributed by atoms with E-state index in [2.05, 4.69) is 4.99 Å². The summed E-state index contributed by atoms with van der Waals surface area (Å²) in [6, 6.07) is 13.6. The molecule has 0 saturated heterocycles. The van der Waals surface area contributed by atoms with Gasteiger partial charge in [-0.2, -0.15) is 0 Å². The highest BCUT2D eigenvalue weighted by molar-refractivity contribution is 6.24. The molecule has 0 radical (unpaired) electrons. The van der Waals surface area contributed by atoms with Crippen molar-refractivity contribution in [3.05, 3.63) is 53.8 Å². The molecule has 5 heteroatoms. The Kier molecular flexibility index (Phi) is 4.87. The summed E-state index contributed by atoms with van der Waals surface area (Å²) in [4.78, 5) is 29.6.